The fourth-order valence-corrected chi connectivity index (χ4v) is 4.86. The second-order valence-electron chi connectivity index (χ2n) is 7.89. The zero-order chi connectivity index (χ0) is 20.5. The number of fused-ring (bicyclic) bond motifs is 3. The molecule has 152 valence electrons. The van der Waals surface area contributed by atoms with Gasteiger partial charge in [0.1, 0.15) is 6.61 Å². The molecule has 2 aliphatic rings. The molecule has 0 radical (unpaired) electrons. The molecule has 0 aromatic heterocycles. The van der Waals surface area contributed by atoms with E-state index in [0.29, 0.717) is 6.54 Å². The average molecular weight is 419 g/mol. The van der Waals surface area contributed by atoms with Gasteiger partial charge in [0.25, 0.3) is 0 Å². The molecule has 0 saturated carbocycles. The van der Waals surface area contributed by atoms with E-state index < -0.39 is 0 Å². The van der Waals surface area contributed by atoms with Crippen LogP contribution in [0.25, 0.3) is 0 Å². The minimum atomic E-state index is -0.252. The van der Waals surface area contributed by atoms with Crippen molar-refractivity contribution in [3.8, 4) is 0 Å². The van der Waals surface area contributed by atoms with Crippen molar-refractivity contribution in [1.82, 2.24) is 4.90 Å². The normalized spacial score (nSPS) is 22.0. The fraction of sp³-hybridized carbons (Fsp3) is 0.240. The third kappa shape index (κ3) is 3.52. The summed E-state index contributed by atoms with van der Waals surface area (Å²) in [5.41, 5.74) is 4.40. The monoisotopic (exact) mass is 418 g/mol. The van der Waals surface area contributed by atoms with E-state index in [0.717, 1.165) is 28.3 Å². The lowest BCUT2D eigenvalue weighted by molar-refractivity contribution is 0.0865. The third-order valence-electron chi connectivity index (χ3n) is 6.13. The largest absolute Gasteiger partial charge is 0.445 e. The van der Waals surface area contributed by atoms with E-state index >= 15 is 0 Å². The average Bonchev–Trinajstić information content (AvgIpc) is 3.24. The van der Waals surface area contributed by atoms with Gasteiger partial charge in [0, 0.05) is 23.2 Å². The third-order valence-corrected chi connectivity index (χ3v) is 6.38. The van der Waals surface area contributed by atoms with Crippen molar-refractivity contribution in [1.29, 1.82) is 0 Å². The summed E-state index contributed by atoms with van der Waals surface area (Å²) in [5, 5.41) is 4.43. The number of benzene rings is 3. The maximum Gasteiger partial charge on any atom is 0.410 e. The summed E-state index contributed by atoms with van der Waals surface area (Å²) in [5.74, 6) is 0.269. The molecular weight excluding hydrogens is 396 g/mol. The molecule has 1 saturated heterocycles. The van der Waals surface area contributed by atoms with Crippen LogP contribution in [0.15, 0.2) is 78.9 Å². The first-order valence-electron chi connectivity index (χ1n) is 10.3. The zero-order valence-corrected chi connectivity index (χ0v) is 17.3. The maximum absolute atomic E-state index is 13.0. The molecule has 3 atom stereocenters. The van der Waals surface area contributed by atoms with Crippen LogP contribution in [0.5, 0.6) is 0 Å². The molecule has 0 unspecified atom stereocenters. The Hall–Kier alpha value is -2.98. The number of hydrogen-bond donors (Lipinski definition) is 1. The van der Waals surface area contributed by atoms with Crippen LogP contribution in [0.2, 0.25) is 5.02 Å². The van der Waals surface area contributed by atoms with Crippen LogP contribution >= 0.6 is 11.6 Å². The summed E-state index contributed by atoms with van der Waals surface area (Å²) in [4.78, 5) is 14.9. The van der Waals surface area contributed by atoms with Crippen molar-refractivity contribution >= 4 is 23.4 Å². The van der Waals surface area contributed by atoms with E-state index in [9.17, 15) is 4.79 Å². The highest BCUT2D eigenvalue weighted by Gasteiger charge is 2.46. The molecule has 1 amide bonds. The Morgan fingerprint density at radius 3 is 2.53 bits per heavy atom. The first-order chi connectivity index (χ1) is 14.7. The van der Waals surface area contributed by atoms with Crippen LogP contribution in [-0.4, -0.2) is 17.5 Å². The van der Waals surface area contributed by atoms with Gasteiger partial charge in [-0.05, 0) is 41.3 Å². The van der Waals surface area contributed by atoms with Gasteiger partial charge in [0.05, 0.1) is 12.1 Å². The molecule has 0 bridgehead atoms. The van der Waals surface area contributed by atoms with E-state index in [1.54, 1.807) is 0 Å². The molecule has 3 aromatic carbocycles. The van der Waals surface area contributed by atoms with Gasteiger partial charge in [-0.25, -0.2) is 4.79 Å². The van der Waals surface area contributed by atoms with Gasteiger partial charge in [0.2, 0.25) is 0 Å². The summed E-state index contributed by atoms with van der Waals surface area (Å²) in [6, 6.07) is 26.2. The summed E-state index contributed by atoms with van der Waals surface area (Å²) >= 11 is 6.10. The fourth-order valence-electron chi connectivity index (χ4n) is 4.73. The number of halogens is 1. The highest BCUT2D eigenvalue weighted by molar-refractivity contribution is 6.30. The van der Waals surface area contributed by atoms with Crippen LogP contribution in [-0.2, 0) is 11.3 Å². The van der Waals surface area contributed by atoms with Crippen molar-refractivity contribution < 1.29 is 9.53 Å². The predicted molar refractivity (Wildman–Crippen MR) is 118 cm³/mol. The molecule has 3 aromatic rings. The number of hydrogen-bond acceptors (Lipinski definition) is 3. The second-order valence-corrected chi connectivity index (χ2v) is 8.33. The number of anilines is 1. The first kappa shape index (κ1) is 19.0. The van der Waals surface area contributed by atoms with Crippen LogP contribution in [0.3, 0.4) is 0 Å². The molecule has 5 rings (SSSR count). The van der Waals surface area contributed by atoms with E-state index in [-0.39, 0.29) is 30.7 Å². The van der Waals surface area contributed by atoms with Gasteiger partial charge in [-0.1, -0.05) is 72.3 Å². The number of likely N-dealkylation sites (tertiary alicyclic amines) is 1. The lowest BCUT2D eigenvalue weighted by Gasteiger charge is -2.39. The van der Waals surface area contributed by atoms with Gasteiger partial charge < -0.3 is 15.0 Å². The smallest absolute Gasteiger partial charge is 0.410 e. The highest BCUT2D eigenvalue weighted by Crippen LogP contribution is 2.51. The molecule has 1 N–H and O–H groups in total. The Morgan fingerprint density at radius 1 is 1.00 bits per heavy atom. The van der Waals surface area contributed by atoms with E-state index in [4.69, 9.17) is 16.3 Å². The molecule has 2 aliphatic heterocycles. The van der Waals surface area contributed by atoms with Crippen LogP contribution in [0.1, 0.15) is 35.2 Å². The molecule has 4 nitrogen and oxygen atoms in total. The predicted octanol–water partition coefficient (Wildman–Crippen LogP) is 6.21. The standard InChI is InChI=1S/C25H23ClN2O2/c26-19-12-10-18(11-13-19)23-21-14-15-28(24(21)20-8-4-5-9-22(20)27-23)25(29)30-16-17-6-2-1-3-7-17/h1-13,21,23-24,27H,14-16H2/t21-,23+,24+/m1/s1. The Labute approximate surface area is 181 Å². The van der Waals surface area contributed by atoms with Crippen LogP contribution in [0.4, 0.5) is 10.5 Å². The van der Waals surface area contributed by atoms with Crippen LogP contribution in [0, 0.1) is 5.92 Å². The number of nitrogens with zero attached hydrogens (tertiary/aromatic N) is 1. The van der Waals surface area contributed by atoms with Gasteiger partial charge >= 0.3 is 6.09 Å². The molecular formula is C25H23ClN2O2. The van der Waals surface area contributed by atoms with Crippen molar-refractivity contribution in [2.75, 3.05) is 11.9 Å². The number of nitrogens with one attached hydrogen (secondary N) is 1. The SMILES string of the molecule is O=C(OCc1ccccc1)N1CC[C@@H]2[C@H](c3ccc(Cl)cc3)Nc3ccccc3[C@@H]21. The molecule has 0 spiro atoms. The molecule has 5 heteroatoms. The lowest BCUT2D eigenvalue weighted by atomic mass is 9.80. The Morgan fingerprint density at radius 2 is 1.73 bits per heavy atom. The molecule has 30 heavy (non-hydrogen) atoms. The number of carbonyl (C=O) groups is 1. The van der Waals surface area contributed by atoms with E-state index in [2.05, 4.69) is 29.6 Å². The summed E-state index contributed by atoms with van der Waals surface area (Å²) in [6.07, 6.45) is 0.664. The first-order valence-corrected chi connectivity index (χ1v) is 10.7. The van der Waals surface area contributed by atoms with E-state index in [1.165, 1.54) is 5.56 Å². The number of rotatable bonds is 3. The summed E-state index contributed by atoms with van der Waals surface area (Å²) in [6.45, 7) is 0.969. The van der Waals surface area contributed by atoms with Crippen LogP contribution < -0.4 is 5.32 Å². The number of para-hydroxylation sites is 1. The van der Waals surface area contributed by atoms with E-state index in [1.807, 2.05) is 59.5 Å². The summed E-state index contributed by atoms with van der Waals surface area (Å²) in [7, 11) is 0. The van der Waals surface area contributed by atoms with Crippen molar-refractivity contribution in [2.45, 2.75) is 25.1 Å². The van der Waals surface area contributed by atoms with Crippen molar-refractivity contribution in [2.24, 2.45) is 5.92 Å². The highest BCUT2D eigenvalue weighted by atomic mass is 35.5. The summed E-state index contributed by atoms with van der Waals surface area (Å²) < 4.78 is 5.68. The number of ether oxygens (including phenoxy) is 1. The minimum absolute atomic E-state index is 0.00796. The van der Waals surface area contributed by atoms with Gasteiger partial charge in [-0.15, -0.1) is 0 Å². The Balaban J connectivity index is 1.42. The Kier molecular flexibility index (Phi) is 5.09. The number of carbonyl (C=O) groups excluding carboxylic acids is 1. The van der Waals surface area contributed by atoms with Crippen molar-refractivity contribution in [3.63, 3.8) is 0 Å². The second kappa shape index (κ2) is 8.04. The van der Waals surface area contributed by atoms with Gasteiger partial charge in [0.15, 0.2) is 0 Å². The number of amides is 1. The quantitative estimate of drug-likeness (QED) is 0.550. The molecule has 0 aliphatic carbocycles. The minimum Gasteiger partial charge on any atom is -0.445 e. The topological polar surface area (TPSA) is 41.6 Å². The molecule has 2 heterocycles. The molecule has 1 fully saturated rings. The van der Waals surface area contributed by atoms with Gasteiger partial charge in [-0.2, -0.15) is 0 Å². The Bertz CT molecular complexity index is 1040. The zero-order valence-electron chi connectivity index (χ0n) is 16.5. The maximum atomic E-state index is 13.0. The van der Waals surface area contributed by atoms with Gasteiger partial charge in [-0.3, -0.25) is 0 Å². The lowest BCUT2D eigenvalue weighted by Crippen LogP contribution is -2.37. The van der Waals surface area contributed by atoms with Crippen molar-refractivity contribution in [3.05, 3.63) is 101 Å².